The third kappa shape index (κ3) is 3.75. The summed E-state index contributed by atoms with van der Waals surface area (Å²) in [4.78, 5) is 24.5. The van der Waals surface area contributed by atoms with Gasteiger partial charge in [0.1, 0.15) is 5.70 Å². The number of rotatable bonds is 7. The minimum Gasteiger partial charge on any atom is -0.493 e. The number of amides is 2. The summed E-state index contributed by atoms with van der Waals surface area (Å²) in [5.74, 6) is -1.29. The fourth-order valence-corrected chi connectivity index (χ4v) is 2.01. The number of hydrogen-bond donors (Lipinski definition) is 2. The molecule has 7 nitrogen and oxygen atoms in total. The highest BCUT2D eigenvalue weighted by Gasteiger charge is 2.30. The lowest BCUT2D eigenvalue weighted by Gasteiger charge is -2.15. The number of halogens is 2. The second-order valence-electron chi connectivity index (χ2n) is 4.45. The molecule has 1 aliphatic rings. The normalized spacial score (nSPS) is 14.3. The molecule has 0 bridgehead atoms. The number of anilines is 1. The zero-order valence-corrected chi connectivity index (χ0v) is 12.1. The van der Waals surface area contributed by atoms with Gasteiger partial charge in [0.2, 0.25) is 0 Å². The van der Waals surface area contributed by atoms with Crippen LogP contribution in [0.1, 0.15) is 0 Å². The molecule has 0 atom stereocenters. The Morgan fingerprint density at radius 3 is 2.65 bits per heavy atom. The van der Waals surface area contributed by atoms with Crippen molar-refractivity contribution in [2.45, 2.75) is 6.61 Å². The molecule has 0 aromatic heterocycles. The summed E-state index contributed by atoms with van der Waals surface area (Å²) >= 11 is 0. The second-order valence-corrected chi connectivity index (χ2v) is 4.45. The van der Waals surface area contributed by atoms with Gasteiger partial charge in [-0.3, -0.25) is 14.5 Å². The number of carbonyl (C=O) groups excluding carboxylic acids is 2. The highest BCUT2D eigenvalue weighted by Crippen LogP contribution is 2.32. The Kier molecular flexibility index (Phi) is 5.12. The molecule has 23 heavy (non-hydrogen) atoms. The number of benzene rings is 1. The molecule has 0 aliphatic carbocycles. The number of ether oxygens (including phenoxy) is 2. The quantitative estimate of drug-likeness (QED) is 0.725. The van der Waals surface area contributed by atoms with E-state index in [0.29, 0.717) is 0 Å². The Morgan fingerprint density at radius 2 is 2.04 bits per heavy atom. The molecule has 1 heterocycles. The third-order valence-electron chi connectivity index (χ3n) is 2.99. The van der Waals surface area contributed by atoms with E-state index in [1.807, 2.05) is 0 Å². The first-order valence-electron chi connectivity index (χ1n) is 6.54. The van der Waals surface area contributed by atoms with Gasteiger partial charge in [0.25, 0.3) is 11.8 Å². The van der Waals surface area contributed by atoms with Crippen molar-refractivity contribution in [3.63, 3.8) is 0 Å². The van der Waals surface area contributed by atoms with Crippen LogP contribution in [0.25, 0.3) is 0 Å². The molecule has 2 amide bonds. The van der Waals surface area contributed by atoms with Gasteiger partial charge >= 0.3 is 6.61 Å². The average molecular weight is 328 g/mol. The first-order valence-corrected chi connectivity index (χ1v) is 6.54. The van der Waals surface area contributed by atoms with E-state index in [4.69, 9.17) is 9.84 Å². The second kappa shape index (κ2) is 7.05. The first-order chi connectivity index (χ1) is 11.0. The van der Waals surface area contributed by atoms with E-state index >= 15 is 0 Å². The molecule has 124 valence electrons. The van der Waals surface area contributed by atoms with Crippen LogP contribution in [0, 0.1) is 0 Å². The van der Waals surface area contributed by atoms with Crippen LogP contribution in [0.15, 0.2) is 30.0 Å². The van der Waals surface area contributed by atoms with Crippen molar-refractivity contribution < 1.29 is 33.0 Å². The number of carbonyl (C=O) groups is 2. The number of aliphatic hydroxyl groups is 1. The largest absolute Gasteiger partial charge is 0.493 e. The summed E-state index contributed by atoms with van der Waals surface area (Å²) in [5.41, 5.74) is 0.233. The summed E-state index contributed by atoms with van der Waals surface area (Å²) in [6, 6.07) is 4.08. The zero-order valence-electron chi connectivity index (χ0n) is 12.1. The lowest BCUT2D eigenvalue weighted by atomic mass is 10.2. The van der Waals surface area contributed by atoms with Gasteiger partial charge in [0.05, 0.1) is 20.3 Å². The lowest BCUT2D eigenvalue weighted by Crippen LogP contribution is -2.34. The Hall–Kier alpha value is -2.68. The number of alkyl halides is 2. The smallest absolute Gasteiger partial charge is 0.387 e. The monoisotopic (exact) mass is 328 g/mol. The summed E-state index contributed by atoms with van der Waals surface area (Å²) in [5, 5.41) is 11.5. The summed E-state index contributed by atoms with van der Waals surface area (Å²) in [7, 11) is 1.30. The van der Waals surface area contributed by atoms with Gasteiger partial charge in [-0.15, -0.1) is 0 Å². The highest BCUT2D eigenvalue weighted by atomic mass is 19.3. The minimum atomic E-state index is -3.03. The molecule has 9 heteroatoms. The van der Waals surface area contributed by atoms with Crippen LogP contribution in [0.4, 0.5) is 14.5 Å². The standard InChI is InChI=1S/C14H14F2N2O5/c1-22-10-3-2-8(6-11(10)23-14(15)16)17-9-7-12(20)18(4-5-19)13(9)21/h2-3,6-7,14,17,19H,4-5H2,1H3. The van der Waals surface area contributed by atoms with E-state index in [1.54, 1.807) is 0 Å². The van der Waals surface area contributed by atoms with E-state index in [0.717, 1.165) is 11.0 Å². The van der Waals surface area contributed by atoms with E-state index in [-0.39, 0.29) is 36.0 Å². The van der Waals surface area contributed by atoms with Gasteiger partial charge in [-0.2, -0.15) is 8.78 Å². The van der Waals surface area contributed by atoms with Crippen LogP contribution in [0.3, 0.4) is 0 Å². The van der Waals surface area contributed by atoms with Gasteiger partial charge in [-0.25, -0.2) is 0 Å². The lowest BCUT2D eigenvalue weighted by molar-refractivity contribution is -0.137. The number of hydrogen-bond acceptors (Lipinski definition) is 6. The maximum absolute atomic E-state index is 12.4. The number of β-amino-alcohol motifs (C(OH)–C–C–N with tert-alkyl or cyclic N) is 1. The van der Waals surface area contributed by atoms with Crippen LogP contribution in [-0.4, -0.2) is 48.7 Å². The molecule has 0 saturated heterocycles. The number of methoxy groups -OCH3 is 1. The summed E-state index contributed by atoms with van der Waals surface area (Å²) < 4.78 is 34.0. The maximum atomic E-state index is 12.4. The molecule has 0 unspecified atom stereocenters. The van der Waals surface area contributed by atoms with Crippen molar-refractivity contribution in [2.75, 3.05) is 25.6 Å². The van der Waals surface area contributed by atoms with E-state index in [9.17, 15) is 18.4 Å². The average Bonchev–Trinajstić information content (AvgIpc) is 2.75. The van der Waals surface area contributed by atoms with Crippen molar-refractivity contribution in [1.82, 2.24) is 4.90 Å². The highest BCUT2D eigenvalue weighted by molar-refractivity contribution is 6.17. The van der Waals surface area contributed by atoms with Crippen LogP contribution < -0.4 is 14.8 Å². The summed E-state index contributed by atoms with van der Waals surface area (Å²) in [6.45, 7) is -3.51. The molecule has 2 N–H and O–H groups in total. The van der Waals surface area contributed by atoms with E-state index in [1.165, 1.54) is 25.3 Å². The third-order valence-corrected chi connectivity index (χ3v) is 2.99. The maximum Gasteiger partial charge on any atom is 0.387 e. The number of imide groups is 1. The SMILES string of the molecule is COc1ccc(NC2=CC(=O)N(CCO)C2=O)cc1OC(F)F. The molecule has 0 radical (unpaired) electrons. The van der Waals surface area contributed by atoms with Gasteiger partial charge in [-0.1, -0.05) is 0 Å². The van der Waals surface area contributed by atoms with Crippen molar-refractivity contribution in [1.29, 1.82) is 0 Å². The fourth-order valence-electron chi connectivity index (χ4n) is 2.01. The van der Waals surface area contributed by atoms with Gasteiger partial charge in [0.15, 0.2) is 11.5 Å². The van der Waals surface area contributed by atoms with Crippen LogP contribution in [0.5, 0.6) is 11.5 Å². The molecular weight excluding hydrogens is 314 g/mol. The van der Waals surface area contributed by atoms with Crippen molar-refractivity contribution in [2.24, 2.45) is 0 Å². The Bertz CT molecular complexity index is 648. The van der Waals surface area contributed by atoms with Crippen molar-refractivity contribution in [3.05, 3.63) is 30.0 Å². The van der Waals surface area contributed by atoms with E-state index < -0.39 is 18.4 Å². The van der Waals surface area contributed by atoms with Gasteiger partial charge in [-0.05, 0) is 12.1 Å². The molecule has 1 aromatic carbocycles. The van der Waals surface area contributed by atoms with Crippen molar-refractivity contribution in [3.8, 4) is 11.5 Å². The summed E-state index contributed by atoms with van der Waals surface area (Å²) in [6.07, 6.45) is 1.07. The molecule has 1 aliphatic heterocycles. The molecule has 0 spiro atoms. The Labute approximate surface area is 130 Å². The Balaban J connectivity index is 2.19. The topological polar surface area (TPSA) is 88.1 Å². The minimum absolute atomic E-state index is 0.0309. The fraction of sp³-hybridized carbons (Fsp3) is 0.286. The number of nitrogens with one attached hydrogen (secondary N) is 1. The van der Waals surface area contributed by atoms with Crippen molar-refractivity contribution >= 4 is 17.5 Å². The molecule has 1 aromatic rings. The van der Waals surface area contributed by atoms with E-state index in [2.05, 4.69) is 10.1 Å². The first kappa shape index (κ1) is 16.7. The molecule has 2 rings (SSSR count). The van der Waals surface area contributed by atoms with Gasteiger partial charge in [0, 0.05) is 17.8 Å². The molecule has 0 fully saturated rings. The zero-order chi connectivity index (χ0) is 17.0. The van der Waals surface area contributed by atoms with Crippen LogP contribution in [-0.2, 0) is 9.59 Å². The molecule has 0 saturated carbocycles. The van der Waals surface area contributed by atoms with Gasteiger partial charge < -0.3 is 19.9 Å². The van der Waals surface area contributed by atoms with Crippen LogP contribution >= 0.6 is 0 Å². The predicted molar refractivity (Wildman–Crippen MR) is 75.1 cm³/mol. The van der Waals surface area contributed by atoms with Crippen LogP contribution in [0.2, 0.25) is 0 Å². The number of aliphatic hydroxyl groups excluding tert-OH is 1. The number of nitrogens with zero attached hydrogens (tertiary/aromatic N) is 1. The molecular formula is C14H14F2N2O5. The predicted octanol–water partition coefficient (Wildman–Crippen LogP) is 0.953. The Morgan fingerprint density at radius 1 is 1.30 bits per heavy atom.